The zero-order chi connectivity index (χ0) is 18.7. The number of hydrogen-bond acceptors (Lipinski definition) is 6. The molecule has 0 aliphatic heterocycles. The molecule has 2 heterocycles. The number of thiophene rings is 1. The summed E-state index contributed by atoms with van der Waals surface area (Å²) in [7, 11) is 1.71. The monoisotopic (exact) mass is 389 g/mol. The third-order valence-corrected chi connectivity index (χ3v) is 6.00. The molecule has 1 amide bonds. The average molecular weight is 390 g/mol. The number of fused-ring (bicyclic) bond motifs is 1. The predicted molar refractivity (Wildman–Crippen MR) is 107 cm³/mol. The van der Waals surface area contributed by atoms with Gasteiger partial charge in [0.15, 0.2) is 0 Å². The van der Waals surface area contributed by atoms with E-state index >= 15 is 0 Å². The number of thioether (sulfide) groups is 1. The second kappa shape index (κ2) is 7.92. The van der Waals surface area contributed by atoms with E-state index in [9.17, 15) is 9.59 Å². The van der Waals surface area contributed by atoms with Gasteiger partial charge in [0.1, 0.15) is 16.4 Å². The van der Waals surface area contributed by atoms with Crippen LogP contribution in [0.1, 0.15) is 12.7 Å². The quantitative estimate of drug-likeness (QED) is 0.654. The maximum absolute atomic E-state index is 12.2. The molecule has 0 bridgehead atoms. The Labute approximate surface area is 159 Å². The Morgan fingerprint density at radius 1 is 1.35 bits per heavy atom. The molecule has 0 saturated carbocycles. The van der Waals surface area contributed by atoms with Crippen LogP contribution in [0.2, 0.25) is 0 Å². The minimum Gasteiger partial charge on any atom is -0.494 e. The van der Waals surface area contributed by atoms with Crippen molar-refractivity contribution in [2.45, 2.75) is 18.1 Å². The number of nitrogens with one attached hydrogen (secondary N) is 1. The van der Waals surface area contributed by atoms with Crippen molar-refractivity contribution < 1.29 is 9.53 Å². The van der Waals surface area contributed by atoms with Crippen molar-refractivity contribution in [1.29, 1.82) is 0 Å². The minimum absolute atomic E-state index is 0.0607. The third kappa shape index (κ3) is 4.08. The van der Waals surface area contributed by atoms with Crippen LogP contribution in [0.4, 0.5) is 5.69 Å². The number of rotatable bonds is 6. The minimum atomic E-state index is -0.103. The molecule has 0 unspecified atom stereocenters. The van der Waals surface area contributed by atoms with Crippen molar-refractivity contribution >= 4 is 44.9 Å². The highest BCUT2D eigenvalue weighted by molar-refractivity contribution is 8.01. The molecule has 3 aromatic rings. The van der Waals surface area contributed by atoms with Crippen molar-refractivity contribution in [2.75, 3.05) is 17.7 Å². The fraction of sp³-hybridized carbons (Fsp3) is 0.278. The van der Waals surface area contributed by atoms with Crippen molar-refractivity contribution in [3.8, 4) is 5.75 Å². The summed E-state index contributed by atoms with van der Waals surface area (Å²) in [6.07, 6.45) is 0. The van der Waals surface area contributed by atoms with Crippen LogP contribution in [0, 0.1) is 6.92 Å². The second-order valence-corrected chi connectivity index (χ2v) is 7.91. The highest BCUT2D eigenvalue weighted by Gasteiger charge is 2.12. The molecule has 3 rings (SSSR count). The lowest BCUT2D eigenvalue weighted by molar-refractivity contribution is -0.113. The highest BCUT2D eigenvalue weighted by Crippen LogP contribution is 2.30. The molecule has 0 aliphatic carbocycles. The SMILES string of the molecule is CCOc1ccc(NC(=O)CSc2cc3c(=O)n(C)c(C)nc3s2)cc1. The van der Waals surface area contributed by atoms with E-state index < -0.39 is 0 Å². The highest BCUT2D eigenvalue weighted by atomic mass is 32.2. The maximum atomic E-state index is 12.2. The fourth-order valence-corrected chi connectivity index (χ4v) is 4.35. The van der Waals surface area contributed by atoms with Gasteiger partial charge in [0.2, 0.25) is 5.91 Å². The lowest BCUT2D eigenvalue weighted by atomic mass is 10.3. The average Bonchev–Trinajstić information content (AvgIpc) is 3.03. The van der Waals surface area contributed by atoms with Gasteiger partial charge in [-0.15, -0.1) is 23.1 Å². The van der Waals surface area contributed by atoms with Gasteiger partial charge >= 0.3 is 0 Å². The maximum Gasteiger partial charge on any atom is 0.262 e. The molecule has 0 spiro atoms. The largest absolute Gasteiger partial charge is 0.494 e. The van der Waals surface area contributed by atoms with E-state index in [1.807, 2.05) is 37.3 Å². The van der Waals surface area contributed by atoms with Gasteiger partial charge in [-0.05, 0) is 44.2 Å². The van der Waals surface area contributed by atoms with E-state index in [1.54, 1.807) is 14.0 Å². The number of nitrogens with zero attached hydrogens (tertiary/aromatic N) is 2. The van der Waals surface area contributed by atoms with Crippen LogP contribution in [0.25, 0.3) is 10.2 Å². The molecule has 0 saturated heterocycles. The van der Waals surface area contributed by atoms with Crippen LogP contribution < -0.4 is 15.6 Å². The first-order chi connectivity index (χ1) is 12.5. The molecular formula is C18H19N3O3S2. The summed E-state index contributed by atoms with van der Waals surface area (Å²) in [6.45, 7) is 4.33. The van der Waals surface area contributed by atoms with Gasteiger partial charge in [0.25, 0.3) is 5.56 Å². The van der Waals surface area contributed by atoms with Gasteiger partial charge < -0.3 is 10.1 Å². The Kier molecular flexibility index (Phi) is 5.63. The van der Waals surface area contributed by atoms with Gasteiger partial charge in [-0.3, -0.25) is 14.2 Å². The van der Waals surface area contributed by atoms with E-state index in [4.69, 9.17) is 4.74 Å². The first-order valence-electron chi connectivity index (χ1n) is 8.10. The first-order valence-corrected chi connectivity index (χ1v) is 9.91. The summed E-state index contributed by atoms with van der Waals surface area (Å²) < 4.78 is 7.81. The molecule has 1 N–H and O–H groups in total. The van der Waals surface area contributed by atoms with Crippen LogP contribution in [0.5, 0.6) is 5.75 Å². The van der Waals surface area contributed by atoms with Gasteiger partial charge in [-0.25, -0.2) is 4.98 Å². The lowest BCUT2D eigenvalue weighted by Crippen LogP contribution is -2.19. The van der Waals surface area contributed by atoms with Crippen molar-refractivity contribution in [1.82, 2.24) is 9.55 Å². The molecule has 0 atom stereocenters. The van der Waals surface area contributed by atoms with Crippen molar-refractivity contribution in [3.05, 3.63) is 46.5 Å². The summed E-state index contributed by atoms with van der Waals surface area (Å²) in [6, 6.07) is 9.07. The number of anilines is 1. The Balaban J connectivity index is 1.63. The molecule has 1 aromatic carbocycles. The molecule has 2 aromatic heterocycles. The molecule has 0 aliphatic rings. The summed E-state index contributed by atoms with van der Waals surface area (Å²) >= 11 is 2.83. The first kappa shape index (κ1) is 18.5. The Hall–Kier alpha value is -2.32. The standard InChI is InChI=1S/C18H19N3O3S2/c1-4-24-13-7-5-12(6-8-13)20-15(22)10-25-16-9-14-17(26-16)19-11(2)21(3)18(14)23/h5-9H,4,10H2,1-3H3,(H,20,22). The van der Waals surface area contributed by atoms with Gasteiger partial charge in [-0.2, -0.15) is 0 Å². The number of carbonyl (C=O) groups excluding carboxylic acids is 1. The molecule has 8 heteroatoms. The smallest absolute Gasteiger partial charge is 0.262 e. The van der Waals surface area contributed by atoms with Crippen LogP contribution in [-0.4, -0.2) is 27.8 Å². The molecule has 0 radical (unpaired) electrons. The van der Waals surface area contributed by atoms with Gasteiger partial charge in [-0.1, -0.05) is 0 Å². The molecule has 26 heavy (non-hydrogen) atoms. The number of aryl methyl sites for hydroxylation is 1. The van der Waals surface area contributed by atoms with Gasteiger partial charge in [0.05, 0.1) is 22.0 Å². The number of hydrogen-bond donors (Lipinski definition) is 1. The summed E-state index contributed by atoms with van der Waals surface area (Å²) in [5, 5.41) is 3.45. The van der Waals surface area contributed by atoms with E-state index in [2.05, 4.69) is 10.3 Å². The van der Waals surface area contributed by atoms with Crippen LogP contribution >= 0.6 is 23.1 Å². The number of carbonyl (C=O) groups is 1. The van der Waals surface area contributed by atoms with Gasteiger partial charge in [0, 0.05) is 12.7 Å². The van der Waals surface area contributed by atoms with E-state index in [0.29, 0.717) is 22.6 Å². The van der Waals surface area contributed by atoms with E-state index in [-0.39, 0.29) is 17.2 Å². The normalized spacial score (nSPS) is 10.9. The molecular weight excluding hydrogens is 370 g/mol. The lowest BCUT2D eigenvalue weighted by Gasteiger charge is -2.06. The predicted octanol–water partition coefficient (Wildman–Crippen LogP) is 3.43. The third-order valence-electron chi connectivity index (χ3n) is 3.77. The molecule has 6 nitrogen and oxygen atoms in total. The van der Waals surface area contributed by atoms with E-state index in [1.165, 1.54) is 27.7 Å². The summed E-state index contributed by atoms with van der Waals surface area (Å²) in [5.41, 5.74) is 0.663. The van der Waals surface area contributed by atoms with Crippen molar-refractivity contribution in [3.63, 3.8) is 0 Å². The Morgan fingerprint density at radius 2 is 2.08 bits per heavy atom. The van der Waals surface area contributed by atoms with Crippen LogP contribution in [0.15, 0.2) is 39.3 Å². The van der Waals surface area contributed by atoms with Crippen LogP contribution in [0.3, 0.4) is 0 Å². The Morgan fingerprint density at radius 3 is 2.77 bits per heavy atom. The fourth-order valence-electron chi connectivity index (χ4n) is 2.35. The summed E-state index contributed by atoms with van der Waals surface area (Å²) in [4.78, 5) is 29.5. The number of aromatic nitrogens is 2. The molecule has 0 fully saturated rings. The Bertz CT molecular complexity index is 993. The zero-order valence-electron chi connectivity index (χ0n) is 14.7. The topological polar surface area (TPSA) is 73.2 Å². The number of amides is 1. The zero-order valence-corrected chi connectivity index (χ0v) is 16.4. The second-order valence-electron chi connectivity index (χ2n) is 5.60. The van der Waals surface area contributed by atoms with Crippen molar-refractivity contribution in [2.24, 2.45) is 7.05 Å². The number of benzene rings is 1. The van der Waals surface area contributed by atoms with E-state index in [0.717, 1.165) is 15.6 Å². The number of ether oxygens (including phenoxy) is 1. The molecule has 136 valence electrons. The summed E-state index contributed by atoms with van der Waals surface area (Å²) in [5.74, 6) is 1.61. The van der Waals surface area contributed by atoms with Crippen LogP contribution in [-0.2, 0) is 11.8 Å².